The molecule has 2 aliphatic carbocycles. The van der Waals surface area contributed by atoms with Crippen molar-refractivity contribution >= 4 is 13.9 Å². The van der Waals surface area contributed by atoms with Gasteiger partial charge in [0.1, 0.15) is 0 Å². The van der Waals surface area contributed by atoms with Gasteiger partial charge in [0.25, 0.3) is 0 Å². The van der Waals surface area contributed by atoms with Crippen molar-refractivity contribution in [3.8, 4) is 11.1 Å². The molecule has 0 heterocycles. The van der Waals surface area contributed by atoms with Crippen LogP contribution in [-0.2, 0) is 6.16 Å². The third-order valence-corrected chi connectivity index (χ3v) is 10.5. The van der Waals surface area contributed by atoms with Crippen molar-refractivity contribution in [3.05, 3.63) is 59.2 Å². The lowest BCUT2D eigenvalue weighted by molar-refractivity contribution is 0.0697. The highest BCUT2D eigenvalue weighted by Crippen LogP contribution is 2.48. The summed E-state index contributed by atoms with van der Waals surface area (Å²) in [6, 6.07) is 14.3. The van der Waals surface area contributed by atoms with Crippen LogP contribution in [0.2, 0.25) is 0 Å². The molecule has 0 radical (unpaired) electrons. The van der Waals surface area contributed by atoms with Crippen LogP contribution in [0.1, 0.15) is 85.7 Å². The van der Waals surface area contributed by atoms with Crippen molar-refractivity contribution in [1.29, 1.82) is 0 Å². The summed E-state index contributed by atoms with van der Waals surface area (Å²) in [6.45, 7) is 2.08. The van der Waals surface area contributed by atoms with Crippen LogP contribution in [-0.4, -0.2) is 23.4 Å². The Morgan fingerprint density at radius 3 is 2.00 bits per heavy atom. The van der Waals surface area contributed by atoms with Crippen LogP contribution in [0.3, 0.4) is 0 Å². The van der Waals surface area contributed by atoms with Crippen molar-refractivity contribution in [3.63, 3.8) is 0 Å². The Kier molecular flexibility index (Phi) is 8.42. The molecule has 2 aromatic carbocycles. The summed E-state index contributed by atoms with van der Waals surface area (Å²) in [5.74, 6) is 1.02. The average molecular weight is 451 g/mol. The molecule has 0 amide bonds. The van der Waals surface area contributed by atoms with Crippen molar-refractivity contribution in [2.45, 2.75) is 77.3 Å². The van der Waals surface area contributed by atoms with Crippen LogP contribution in [0.5, 0.6) is 0 Å². The second-order valence-electron chi connectivity index (χ2n) is 10.2. The van der Waals surface area contributed by atoms with Gasteiger partial charge in [-0.1, -0.05) is 94.5 Å². The predicted molar refractivity (Wildman–Crippen MR) is 137 cm³/mol. The molecule has 4 rings (SSSR count). The molecule has 0 saturated heterocycles. The van der Waals surface area contributed by atoms with Gasteiger partial charge >= 0.3 is 5.97 Å². The summed E-state index contributed by atoms with van der Waals surface area (Å²) in [5.41, 5.74) is 4.84. The zero-order chi connectivity index (χ0) is 22.3. The van der Waals surface area contributed by atoms with Crippen molar-refractivity contribution in [2.75, 3.05) is 12.3 Å². The Hall–Kier alpha value is -1.66. The fourth-order valence-corrected chi connectivity index (χ4v) is 9.22. The summed E-state index contributed by atoms with van der Waals surface area (Å²) in [4.78, 5) is 12.0. The normalized spacial score (nSPS) is 18.2. The lowest BCUT2D eigenvalue weighted by Crippen LogP contribution is -2.16. The number of hydrogen-bond donors (Lipinski definition) is 1. The molecule has 0 aromatic heterocycles. The van der Waals surface area contributed by atoms with Gasteiger partial charge in [0.2, 0.25) is 0 Å². The Morgan fingerprint density at radius 1 is 0.844 bits per heavy atom. The van der Waals surface area contributed by atoms with Gasteiger partial charge in [0, 0.05) is 0 Å². The van der Waals surface area contributed by atoms with E-state index in [1.54, 1.807) is 0 Å². The molecule has 2 saturated carbocycles. The molecule has 2 nitrogen and oxygen atoms in total. The molecule has 32 heavy (non-hydrogen) atoms. The number of aromatic carboxylic acids is 1. The van der Waals surface area contributed by atoms with Gasteiger partial charge in [-0.3, -0.25) is 0 Å². The minimum absolute atomic E-state index is 0.0440. The van der Waals surface area contributed by atoms with Gasteiger partial charge in [-0.2, -0.15) is 0 Å². The highest BCUT2D eigenvalue weighted by molar-refractivity contribution is 7.56. The molecule has 1 N–H and O–H groups in total. The zero-order valence-electron chi connectivity index (χ0n) is 19.7. The third-order valence-electron chi connectivity index (χ3n) is 7.64. The van der Waals surface area contributed by atoms with Crippen molar-refractivity contribution < 1.29 is 9.90 Å². The molecular formula is C29H39O2P. The fraction of sp³-hybridized carbons (Fsp3) is 0.552. The van der Waals surface area contributed by atoms with Crippen LogP contribution in [0.15, 0.2) is 42.5 Å². The smallest absolute Gasteiger partial charge is 0.336 e. The van der Waals surface area contributed by atoms with Gasteiger partial charge in [-0.15, -0.1) is 7.92 Å². The predicted octanol–water partition coefficient (Wildman–Crippen LogP) is 8.50. The van der Waals surface area contributed by atoms with E-state index in [2.05, 4.69) is 31.2 Å². The number of rotatable bonds is 8. The zero-order valence-corrected chi connectivity index (χ0v) is 20.6. The Balaban J connectivity index is 1.58. The number of hydrogen-bond acceptors (Lipinski definition) is 1. The minimum atomic E-state index is -0.832. The van der Waals surface area contributed by atoms with Crippen LogP contribution in [0, 0.1) is 18.8 Å². The van der Waals surface area contributed by atoms with E-state index in [0.29, 0.717) is 5.56 Å². The molecule has 2 fully saturated rings. The van der Waals surface area contributed by atoms with Gasteiger partial charge in [0.05, 0.1) is 5.56 Å². The van der Waals surface area contributed by atoms with Crippen LogP contribution in [0.4, 0.5) is 0 Å². The van der Waals surface area contributed by atoms with Crippen molar-refractivity contribution in [2.24, 2.45) is 11.8 Å². The first-order valence-corrected chi connectivity index (χ1v) is 14.6. The first-order valence-electron chi connectivity index (χ1n) is 12.7. The average Bonchev–Trinajstić information content (AvgIpc) is 2.80. The first-order chi connectivity index (χ1) is 15.6. The Bertz CT molecular complexity index is 874. The maximum absolute atomic E-state index is 12.0. The fourth-order valence-electron chi connectivity index (χ4n) is 5.91. The number of carbonyl (C=O) groups is 1. The molecule has 0 unspecified atom stereocenters. The maximum atomic E-state index is 12.0. The summed E-state index contributed by atoms with van der Waals surface area (Å²) in [5, 5.41) is 9.83. The van der Waals surface area contributed by atoms with E-state index in [-0.39, 0.29) is 7.92 Å². The minimum Gasteiger partial charge on any atom is -0.478 e. The van der Waals surface area contributed by atoms with Crippen LogP contribution < -0.4 is 0 Å². The summed E-state index contributed by atoms with van der Waals surface area (Å²) >= 11 is 0. The lowest BCUT2D eigenvalue weighted by atomic mass is 9.91. The molecular weight excluding hydrogens is 411 g/mol. The van der Waals surface area contributed by atoms with E-state index >= 15 is 0 Å². The lowest BCUT2D eigenvalue weighted by Gasteiger charge is -2.31. The van der Waals surface area contributed by atoms with E-state index in [1.807, 2.05) is 18.2 Å². The van der Waals surface area contributed by atoms with E-state index in [1.165, 1.54) is 82.1 Å². The van der Waals surface area contributed by atoms with E-state index < -0.39 is 5.97 Å². The van der Waals surface area contributed by atoms with Gasteiger partial charge < -0.3 is 5.11 Å². The van der Waals surface area contributed by atoms with Gasteiger partial charge in [-0.05, 0) is 71.6 Å². The summed E-state index contributed by atoms with van der Waals surface area (Å²) in [7, 11) is -0.0440. The number of carboxylic acids is 1. The Labute approximate surface area is 195 Å². The Morgan fingerprint density at radius 2 is 1.44 bits per heavy atom. The molecule has 2 aliphatic rings. The second kappa shape index (κ2) is 11.5. The quantitative estimate of drug-likeness (QED) is 0.409. The van der Waals surface area contributed by atoms with Crippen LogP contribution in [0.25, 0.3) is 11.1 Å². The van der Waals surface area contributed by atoms with E-state index in [4.69, 9.17) is 0 Å². The second-order valence-corrected chi connectivity index (χ2v) is 12.6. The topological polar surface area (TPSA) is 37.3 Å². The summed E-state index contributed by atoms with van der Waals surface area (Å²) in [6.07, 6.45) is 18.2. The standard InChI is InChI=1S/C29H39O2P/c1-22-10-8-9-15-26(22)28-18-25(16-17-27(28)29(30)31)21-32(19-23-11-4-2-5-12-23)20-24-13-6-3-7-14-24/h8-10,15-18,23-24H,2-7,11-14,19-21H2,1H3,(H,30,31). The molecule has 172 valence electrons. The van der Waals surface area contributed by atoms with Crippen LogP contribution >= 0.6 is 7.92 Å². The molecule has 3 heteroatoms. The molecule has 0 aliphatic heterocycles. The van der Waals surface area contributed by atoms with Gasteiger partial charge in [-0.25, -0.2) is 4.79 Å². The van der Waals surface area contributed by atoms with Crippen molar-refractivity contribution in [1.82, 2.24) is 0 Å². The molecule has 0 atom stereocenters. The van der Waals surface area contributed by atoms with E-state index in [9.17, 15) is 9.90 Å². The number of aryl methyl sites for hydroxylation is 1. The maximum Gasteiger partial charge on any atom is 0.336 e. The SMILES string of the molecule is Cc1ccccc1-c1cc(CP(CC2CCCCC2)CC2CCCCC2)ccc1C(=O)O. The van der Waals surface area contributed by atoms with Gasteiger partial charge in [0.15, 0.2) is 0 Å². The third kappa shape index (κ3) is 6.22. The van der Waals surface area contributed by atoms with E-state index in [0.717, 1.165) is 34.7 Å². The number of benzene rings is 2. The molecule has 0 spiro atoms. The summed E-state index contributed by atoms with van der Waals surface area (Å²) < 4.78 is 0. The monoisotopic (exact) mass is 450 g/mol. The number of carboxylic acid groups (broad SMARTS) is 1. The largest absolute Gasteiger partial charge is 0.478 e. The highest BCUT2D eigenvalue weighted by Gasteiger charge is 2.24. The first kappa shape index (κ1) is 23.5. The highest BCUT2D eigenvalue weighted by atomic mass is 31.1. The molecule has 2 aromatic rings. The molecule has 0 bridgehead atoms.